The van der Waals surface area contributed by atoms with Crippen molar-refractivity contribution in [3.63, 3.8) is 0 Å². The second kappa shape index (κ2) is 62.1. The van der Waals surface area contributed by atoms with Crippen LogP contribution in [0.25, 0.3) is 0 Å². The fraction of sp³-hybridized carbons (Fsp3) is 0.750. The number of hydrogen-bond acceptors (Lipinski definition) is 6. The number of allylic oxidation sites excluding steroid dienone is 14. The Hall–Kier alpha value is -3.41. The van der Waals surface area contributed by atoms with Crippen molar-refractivity contribution in [3.05, 3.63) is 85.1 Å². The molecule has 0 spiro atoms. The van der Waals surface area contributed by atoms with Gasteiger partial charge in [0.2, 0.25) is 0 Å². The number of esters is 3. The SMILES string of the molecule is CC/C=C\C/C=C\C/C=C\C/C=C\C/C=C\CCCCCC(=O)OC(COC(=O)CCCCCCCCCC)COC(=O)CCCCCCCCCCCCCCCCCCC/C=C\C/C=C\CCCCCCC. The van der Waals surface area contributed by atoms with E-state index in [4.69, 9.17) is 14.2 Å². The predicted molar refractivity (Wildman–Crippen MR) is 321 cm³/mol. The molecule has 0 saturated heterocycles. The molecule has 1 unspecified atom stereocenters. The normalized spacial score (nSPS) is 12.6. The van der Waals surface area contributed by atoms with Crippen LogP contribution in [-0.4, -0.2) is 37.2 Å². The van der Waals surface area contributed by atoms with Gasteiger partial charge in [-0.3, -0.25) is 14.4 Å². The average molecular weight is 1030 g/mol. The molecule has 0 radical (unpaired) electrons. The van der Waals surface area contributed by atoms with Gasteiger partial charge in [0.05, 0.1) is 0 Å². The Morgan fingerprint density at radius 2 is 0.527 bits per heavy atom. The summed E-state index contributed by atoms with van der Waals surface area (Å²) in [6.07, 6.45) is 81.9. The first kappa shape index (κ1) is 70.6. The minimum Gasteiger partial charge on any atom is -0.462 e. The fourth-order valence-electron chi connectivity index (χ4n) is 8.91. The third-order valence-corrected chi connectivity index (χ3v) is 13.6. The summed E-state index contributed by atoms with van der Waals surface area (Å²) in [5, 5.41) is 0. The molecule has 0 aliphatic carbocycles. The van der Waals surface area contributed by atoms with E-state index >= 15 is 0 Å². The lowest BCUT2D eigenvalue weighted by Gasteiger charge is -2.18. The van der Waals surface area contributed by atoms with Gasteiger partial charge >= 0.3 is 17.9 Å². The standard InChI is InChI=1S/C68H118O6/c1-4-7-10-13-16-19-21-23-25-27-29-30-31-32-33-34-35-36-37-38-40-41-43-45-47-49-52-55-58-61-67(70)73-64-65(63-72-66(69)60-57-54-51-18-15-12-9-6-3)74-68(71)62-59-56-53-50-48-46-44-42-39-28-26-24-22-20-17-14-11-8-5-2/h8,11,17,20-21,23-24,26-27,29,39,42,46,48,65H,4-7,9-10,12-16,18-19,22,25,28,30-38,40-41,43-45,47,49-64H2,1-3H3/b11-8-,20-17-,23-21-,26-24-,29-27-,42-39-,48-46-. The molecular weight excluding hydrogens is 913 g/mol. The van der Waals surface area contributed by atoms with Gasteiger partial charge in [0, 0.05) is 19.3 Å². The largest absolute Gasteiger partial charge is 0.462 e. The van der Waals surface area contributed by atoms with Crippen molar-refractivity contribution in [3.8, 4) is 0 Å². The number of hydrogen-bond donors (Lipinski definition) is 0. The molecule has 0 fully saturated rings. The van der Waals surface area contributed by atoms with E-state index in [1.54, 1.807) is 0 Å². The molecule has 0 aliphatic rings. The Labute approximate surface area is 458 Å². The van der Waals surface area contributed by atoms with Crippen LogP contribution in [0.4, 0.5) is 0 Å². The van der Waals surface area contributed by atoms with Crippen LogP contribution < -0.4 is 0 Å². The Morgan fingerprint density at radius 1 is 0.284 bits per heavy atom. The van der Waals surface area contributed by atoms with Crippen LogP contribution in [0.2, 0.25) is 0 Å². The van der Waals surface area contributed by atoms with Crippen molar-refractivity contribution < 1.29 is 28.6 Å². The minimum atomic E-state index is -0.791. The number of rotatable bonds is 57. The summed E-state index contributed by atoms with van der Waals surface area (Å²) in [5.41, 5.74) is 0. The Balaban J connectivity index is 4.16. The molecule has 0 amide bonds. The third kappa shape index (κ3) is 59.5. The molecule has 6 heteroatoms. The molecule has 1 atom stereocenters. The first-order chi connectivity index (χ1) is 36.5. The summed E-state index contributed by atoms with van der Waals surface area (Å²) < 4.78 is 16.8. The van der Waals surface area contributed by atoms with Crippen LogP contribution in [0.1, 0.15) is 310 Å². The maximum Gasteiger partial charge on any atom is 0.306 e. The average Bonchev–Trinajstić information content (AvgIpc) is 3.40. The third-order valence-electron chi connectivity index (χ3n) is 13.6. The minimum absolute atomic E-state index is 0.0873. The van der Waals surface area contributed by atoms with Gasteiger partial charge in [-0.2, -0.15) is 0 Å². The second-order valence-electron chi connectivity index (χ2n) is 20.9. The summed E-state index contributed by atoms with van der Waals surface area (Å²) in [7, 11) is 0. The maximum atomic E-state index is 12.8. The highest BCUT2D eigenvalue weighted by Crippen LogP contribution is 2.16. The van der Waals surface area contributed by atoms with Gasteiger partial charge in [-0.1, -0.05) is 279 Å². The van der Waals surface area contributed by atoms with Gasteiger partial charge in [0.25, 0.3) is 0 Å². The van der Waals surface area contributed by atoms with E-state index in [1.165, 1.54) is 167 Å². The van der Waals surface area contributed by atoms with Crippen molar-refractivity contribution in [2.75, 3.05) is 13.2 Å². The molecule has 0 bridgehead atoms. The van der Waals surface area contributed by atoms with Crippen molar-refractivity contribution >= 4 is 17.9 Å². The lowest BCUT2D eigenvalue weighted by molar-refractivity contribution is -0.167. The van der Waals surface area contributed by atoms with E-state index < -0.39 is 6.10 Å². The summed E-state index contributed by atoms with van der Waals surface area (Å²) >= 11 is 0. The van der Waals surface area contributed by atoms with Gasteiger partial charge in [-0.15, -0.1) is 0 Å². The van der Waals surface area contributed by atoms with Crippen LogP contribution >= 0.6 is 0 Å². The lowest BCUT2D eigenvalue weighted by Crippen LogP contribution is -2.30. The van der Waals surface area contributed by atoms with Crippen LogP contribution in [0, 0.1) is 0 Å². The van der Waals surface area contributed by atoms with Gasteiger partial charge < -0.3 is 14.2 Å². The number of unbranched alkanes of at least 4 members (excludes halogenated alkanes) is 32. The number of carbonyl (C=O) groups excluding carboxylic acids is 3. The molecule has 0 aromatic heterocycles. The van der Waals surface area contributed by atoms with E-state index in [1.807, 2.05) is 0 Å². The monoisotopic (exact) mass is 1030 g/mol. The Bertz CT molecular complexity index is 1420. The molecule has 0 N–H and O–H groups in total. The topological polar surface area (TPSA) is 78.9 Å². The van der Waals surface area contributed by atoms with Gasteiger partial charge in [0.15, 0.2) is 6.10 Å². The van der Waals surface area contributed by atoms with Crippen molar-refractivity contribution in [2.45, 2.75) is 316 Å². The van der Waals surface area contributed by atoms with Gasteiger partial charge in [0.1, 0.15) is 13.2 Å². The molecule has 0 rings (SSSR count). The van der Waals surface area contributed by atoms with E-state index in [2.05, 4.69) is 106 Å². The smallest absolute Gasteiger partial charge is 0.306 e. The summed E-state index contributed by atoms with van der Waals surface area (Å²) in [4.78, 5) is 38.1. The molecule has 426 valence electrons. The number of carbonyl (C=O) groups is 3. The highest BCUT2D eigenvalue weighted by Gasteiger charge is 2.19. The molecule has 0 aromatic rings. The first-order valence-electron chi connectivity index (χ1n) is 31.6. The van der Waals surface area contributed by atoms with E-state index in [0.29, 0.717) is 19.3 Å². The van der Waals surface area contributed by atoms with E-state index in [-0.39, 0.29) is 31.1 Å². The fourth-order valence-corrected chi connectivity index (χ4v) is 8.91. The van der Waals surface area contributed by atoms with Gasteiger partial charge in [-0.25, -0.2) is 0 Å². The van der Waals surface area contributed by atoms with Crippen LogP contribution in [-0.2, 0) is 28.6 Å². The zero-order valence-electron chi connectivity index (χ0n) is 48.8. The highest BCUT2D eigenvalue weighted by molar-refractivity contribution is 5.71. The number of ether oxygens (including phenoxy) is 3. The van der Waals surface area contributed by atoms with E-state index in [0.717, 1.165) is 103 Å². The second-order valence-corrected chi connectivity index (χ2v) is 20.9. The van der Waals surface area contributed by atoms with Crippen molar-refractivity contribution in [1.29, 1.82) is 0 Å². The Morgan fingerprint density at radius 3 is 0.838 bits per heavy atom. The lowest BCUT2D eigenvalue weighted by atomic mass is 10.0. The molecule has 74 heavy (non-hydrogen) atoms. The zero-order chi connectivity index (χ0) is 53.6. The quantitative estimate of drug-likeness (QED) is 0.0261. The maximum absolute atomic E-state index is 12.8. The molecule has 0 aromatic carbocycles. The van der Waals surface area contributed by atoms with Gasteiger partial charge in [-0.05, 0) is 96.3 Å². The van der Waals surface area contributed by atoms with Crippen LogP contribution in [0.15, 0.2) is 85.1 Å². The van der Waals surface area contributed by atoms with E-state index in [9.17, 15) is 14.4 Å². The molecule has 0 heterocycles. The summed E-state index contributed by atoms with van der Waals surface area (Å²) in [6.45, 7) is 6.48. The molecule has 0 aliphatic heterocycles. The molecule has 6 nitrogen and oxygen atoms in total. The van der Waals surface area contributed by atoms with Crippen molar-refractivity contribution in [1.82, 2.24) is 0 Å². The zero-order valence-corrected chi connectivity index (χ0v) is 48.8. The highest BCUT2D eigenvalue weighted by atomic mass is 16.6. The van der Waals surface area contributed by atoms with Crippen LogP contribution in [0.3, 0.4) is 0 Å². The molecule has 0 saturated carbocycles. The van der Waals surface area contributed by atoms with Crippen LogP contribution in [0.5, 0.6) is 0 Å². The molecular formula is C68H118O6. The summed E-state index contributed by atoms with van der Waals surface area (Å²) in [6, 6.07) is 0. The van der Waals surface area contributed by atoms with Crippen molar-refractivity contribution in [2.24, 2.45) is 0 Å². The summed E-state index contributed by atoms with van der Waals surface area (Å²) in [5.74, 6) is -0.915. The predicted octanol–water partition coefficient (Wildman–Crippen LogP) is 21.5. The first-order valence-corrected chi connectivity index (χ1v) is 31.6. The Kier molecular flexibility index (Phi) is 59.3.